The lowest BCUT2D eigenvalue weighted by atomic mass is 10.0. The van der Waals surface area contributed by atoms with Crippen LogP contribution < -0.4 is 0 Å². The van der Waals surface area contributed by atoms with Crippen LogP contribution in [-0.4, -0.2) is 96.7 Å². The third-order valence-corrected chi connectivity index (χ3v) is 19.7. The monoisotopic (exact) mass is 1400 g/mol. The van der Waals surface area contributed by atoms with Gasteiger partial charge in [-0.05, 0) is 31.6 Å². The standard InChI is InChI=1S/C76H148O17P2/c1-6-9-12-15-18-19-20-21-22-23-24-25-29-32-35-38-41-46-50-55-60-74(79)87-66-72(93-76(81)62-57-52-47-42-39-36-33-30-27-26-28-31-34-37-40-45-48-53-58-69(4)5)68-91-95(84,85)89-64-70(77)63-88-94(82,83)90-67-71(92-75(80)61-56-51-44-17-14-11-8-3)65-86-73(78)59-54-49-43-16-13-10-7-2/h69-72,77H,6-68H2,1-5H3,(H,82,83)(H,84,85)/t70-,71+,72+/m0/s1. The number of carbonyl (C=O) groups excluding carboxylic acids is 4. The second kappa shape index (κ2) is 69.2. The first-order chi connectivity index (χ1) is 46.0. The molecule has 0 aromatic carbocycles. The van der Waals surface area contributed by atoms with Crippen molar-refractivity contribution in [3.8, 4) is 0 Å². The summed E-state index contributed by atoms with van der Waals surface area (Å²) in [6, 6.07) is 0. The van der Waals surface area contributed by atoms with E-state index in [0.717, 1.165) is 121 Å². The Kier molecular flexibility index (Phi) is 67.7. The molecule has 0 bridgehead atoms. The van der Waals surface area contributed by atoms with E-state index in [1.165, 1.54) is 199 Å². The summed E-state index contributed by atoms with van der Waals surface area (Å²) in [5.74, 6) is -1.31. The Labute approximate surface area is 581 Å². The molecule has 0 spiro atoms. The molecule has 564 valence electrons. The van der Waals surface area contributed by atoms with Crippen molar-refractivity contribution in [1.29, 1.82) is 0 Å². The fourth-order valence-electron chi connectivity index (χ4n) is 11.7. The summed E-state index contributed by atoms with van der Waals surface area (Å²) in [6.45, 7) is 7.23. The number of rotatable bonds is 76. The number of phosphoric acid groups is 2. The highest BCUT2D eigenvalue weighted by Crippen LogP contribution is 2.45. The molecule has 0 aromatic rings. The highest BCUT2D eigenvalue weighted by atomic mass is 31.2. The largest absolute Gasteiger partial charge is 0.472 e. The van der Waals surface area contributed by atoms with Crippen LogP contribution >= 0.6 is 15.6 Å². The zero-order chi connectivity index (χ0) is 69.8. The number of hydrogen-bond donors (Lipinski definition) is 3. The minimum atomic E-state index is -4.95. The fraction of sp³-hybridized carbons (Fsp3) is 0.947. The molecule has 17 nitrogen and oxygen atoms in total. The van der Waals surface area contributed by atoms with E-state index in [0.29, 0.717) is 25.7 Å². The molecule has 5 atom stereocenters. The third-order valence-electron chi connectivity index (χ3n) is 17.8. The van der Waals surface area contributed by atoms with Gasteiger partial charge in [-0.3, -0.25) is 37.3 Å². The summed E-state index contributed by atoms with van der Waals surface area (Å²) in [6.07, 6.45) is 58.9. The lowest BCUT2D eigenvalue weighted by Gasteiger charge is -2.21. The molecule has 0 heterocycles. The summed E-state index contributed by atoms with van der Waals surface area (Å²) < 4.78 is 68.2. The molecule has 0 saturated heterocycles. The van der Waals surface area contributed by atoms with E-state index in [-0.39, 0.29) is 25.7 Å². The van der Waals surface area contributed by atoms with Crippen LogP contribution in [0.15, 0.2) is 0 Å². The first kappa shape index (κ1) is 93.1. The third kappa shape index (κ3) is 70.3. The molecule has 3 N–H and O–H groups in total. The molecule has 0 radical (unpaired) electrons. The number of ether oxygens (including phenoxy) is 4. The highest BCUT2D eigenvalue weighted by molar-refractivity contribution is 7.47. The predicted molar refractivity (Wildman–Crippen MR) is 386 cm³/mol. The quantitative estimate of drug-likeness (QED) is 0.0222. The van der Waals surface area contributed by atoms with Gasteiger partial charge in [-0.1, -0.05) is 349 Å². The minimum Gasteiger partial charge on any atom is -0.462 e. The van der Waals surface area contributed by atoms with E-state index in [1.807, 2.05) is 0 Å². The van der Waals surface area contributed by atoms with Crippen molar-refractivity contribution in [3.63, 3.8) is 0 Å². The van der Waals surface area contributed by atoms with E-state index >= 15 is 0 Å². The SMILES string of the molecule is CCCCCCCCCCCCCCCCCCCCCCC(=O)OC[C@H](COP(=O)(O)OC[C@@H](O)COP(=O)(O)OC[C@@H](COC(=O)CCCCCCCCC)OC(=O)CCCCCCCCC)OC(=O)CCCCCCCCCCCCCCCCCCCCC(C)C. The molecule has 0 fully saturated rings. The van der Waals surface area contributed by atoms with Crippen LogP contribution in [0.3, 0.4) is 0 Å². The molecule has 0 saturated carbocycles. The maximum absolute atomic E-state index is 13.1. The van der Waals surface area contributed by atoms with Gasteiger partial charge in [-0.2, -0.15) is 0 Å². The molecule has 2 unspecified atom stereocenters. The van der Waals surface area contributed by atoms with Gasteiger partial charge in [0.1, 0.15) is 19.3 Å². The van der Waals surface area contributed by atoms with Gasteiger partial charge in [0.05, 0.1) is 26.4 Å². The Balaban J connectivity index is 5.09. The average molecular weight is 1400 g/mol. The number of aliphatic hydroxyl groups is 1. The number of hydrogen-bond acceptors (Lipinski definition) is 15. The molecular weight excluding hydrogens is 1250 g/mol. The lowest BCUT2D eigenvalue weighted by molar-refractivity contribution is -0.161. The zero-order valence-corrected chi connectivity index (χ0v) is 63.6. The first-order valence-corrected chi connectivity index (χ1v) is 42.6. The van der Waals surface area contributed by atoms with Gasteiger partial charge in [0.25, 0.3) is 0 Å². The molecular formula is C76H148O17P2. The lowest BCUT2D eigenvalue weighted by Crippen LogP contribution is -2.30. The van der Waals surface area contributed by atoms with Crippen molar-refractivity contribution in [2.24, 2.45) is 5.92 Å². The Hall–Kier alpha value is -1.94. The normalized spacial score (nSPS) is 13.9. The van der Waals surface area contributed by atoms with Crippen molar-refractivity contribution in [1.82, 2.24) is 0 Å². The second-order valence-corrected chi connectivity index (χ2v) is 30.8. The summed E-state index contributed by atoms with van der Waals surface area (Å²) in [5, 5.41) is 10.6. The van der Waals surface area contributed by atoms with E-state index in [2.05, 4.69) is 34.6 Å². The Morgan fingerprint density at radius 1 is 0.284 bits per heavy atom. The smallest absolute Gasteiger partial charge is 0.462 e. The number of unbranched alkanes of at least 4 members (excludes halogenated alkanes) is 48. The molecule has 0 aromatic heterocycles. The van der Waals surface area contributed by atoms with Crippen LogP contribution in [0.2, 0.25) is 0 Å². The van der Waals surface area contributed by atoms with Gasteiger partial charge < -0.3 is 33.8 Å². The van der Waals surface area contributed by atoms with Gasteiger partial charge in [0.15, 0.2) is 12.2 Å². The predicted octanol–water partition coefficient (Wildman–Crippen LogP) is 22.5. The molecule has 19 heteroatoms. The summed E-state index contributed by atoms with van der Waals surface area (Å²) in [7, 11) is -9.89. The van der Waals surface area contributed by atoms with Gasteiger partial charge in [0.2, 0.25) is 0 Å². The highest BCUT2D eigenvalue weighted by Gasteiger charge is 2.30. The average Bonchev–Trinajstić information content (AvgIpc) is 2.64. The Bertz CT molecular complexity index is 1820. The molecule has 0 aliphatic rings. The van der Waals surface area contributed by atoms with E-state index in [9.17, 15) is 43.2 Å². The Morgan fingerprint density at radius 3 is 0.716 bits per heavy atom. The van der Waals surface area contributed by atoms with Crippen LogP contribution in [0.25, 0.3) is 0 Å². The van der Waals surface area contributed by atoms with Crippen molar-refractivity contribution in [2.45, 2.75) is 419 Å². The first-order valence-electron chi connectivity index (χ1n) is 39.6. The van der Waals surface area contributed by atoms with Crippen LogP contribution in [0.1, 0.15) is 401 Å². The van der Waals surface area contributed by atoms with Gasteiger partial charge in [-0.15, -0.1) is 0 Å². The van der Waals surface area contributed by atoms with Crippen molar-refractivity contribution < 1.29 is 80.2 Å². The summed E-state index contributed by atoms with van der Waals surface area (Å²) in [5.41, 5.74) is 0. The minimum absolute atomic E-state index is 0.104. The maximum atomic E-state index is 13.1. The molecule has 0 aliphatic heterocycles. The summed E-state index contributed by atoms with van der Waals surface area (Å²) in [4.78, 5) is 72.4. The number of esters is 4. The molecule has 0 amide bonds. The van der Waals surface area contributed by atoms with E-state index in [4.69, 9.17) is 37.0 Å². The van der Waals surface area contributed by atoms with Crippen LogP contribution in [-0.2, 0) is 65.4 Å². The van der Waals surface area contributed by atoms with Crippen molar-refractivity contribution in [3.05, 3.63) is 0 Å². The Morgan fingerprint density at radius 2 is 0.484 bits per heavy atom. The van der Waals surface area contributed by atoms with Crippen LogP contribution in [0, 0.1) is 5.92 Å². The van der Waals surface area contributed by atoms with E-state index < -0.39 is 97.5 Å². The van der Waals surface area contributed by atoms with Crippen LogP contribution in [0.4, 0.5) is 0 Å². The number of carbonyl (C=O) groups is 4. The molecule has 95 heavy (non-hydrogen) atoms. The molecule has 0 rings (SSSR count). The number of phosphoric ester groups is 2. The summed E-state index contributed by atoms with van der Waals surface area (Å²) >= 11 is 0. The number of aliphatic hydroxyl groups excluding tert-OH is 1. The van der Waals surface area contributed by atoms with Gasteiger partial charge in [-0.25, -0.2) is 9.13 Å². The van der Waals surface area contributed by atoms with E-state index in [1.54, 1.807) is 0 Å². The van der Waals surface area contributed by atoms with Gasteiger partial charge >= 0.3 is 39.5 Å². The van der Waals surface area contributed by atoms with Crippen molar-refractivity contribution >= 4 is 39.5 Å². The maximum Gasteiger partial charge on any atom is 0.472 e. The second-order valence-electron chi connectivity index (χ2n) is 27.9. The van der Waals surface area contributed by atoms with Gasteiger partial charge in [0, 0.05) is 25.7 Å². The zero-order valence-electron chi connectivity index (χ0n) is 61.8. The molecule has 0 aliphatic carbocycles. The topological polar surface area (TPSA) is 237 Å². The fourth-order valence-corrected chi connectivity index (χ4v) is 13.3. The van der Waals surface area contributed by atoms with Crippen molar-refractivity contribution in [2.75, 3.05) is 39.6 Å². The van der Waals surface area contributed by atoms with Crippen LogP contribution in [0.5, 0.6) is 0 Å².